The van der Waals surface area contributed by atoms with E-state index in [2.05, 4.69) is 4.98 Å². The van der Waals surface area contributed by atoms with Gasteiger partial charge in [-0.05, 0) is 18.4 Å². The van der Waals surface area contributed by atoms with Crippen LogP contribution in [0, 0.1) is 6.92 Å². The first kappa shape index (κ1) is 10.3. The van der Waals surface area contributed by atoms with Crippen molar-refractivity contribution in [1.29, 1.82) is 0 Å². The van der Waals surface area contributed by atoms with Crippen molar-refractivity contribution in [2.24, 2.45) is 0 Å². The number of carboxylic acid groups (broad SMARTS) is 1. The second kappa shape index (κ2) is 3.73. The first-order valence-electron chi connectivity index (χ1n) is 4.73. The largest absolute Gasteiger partial charge is 0.475 e. The molecule has 0 bridgehead atoms. The number of aliphatic carboxylic acids is 1. The Hall–Kier alpha value is -2.23. The van der Waals surface area contributed by atoms with Crippen LogP contribution in [0.5, 0.6) is 0 Å². The van der Waals surface area contributed by atoms with Gasteiger partial charge in [-0.25, -0.2) is 4.79 Å². The van der Waals surface area contributed by atoms with E-state index in [1.165, 1.54) is 6.07 Å². The van der Waals surface area contributed by atoms with Crippen molar-refractivity contribution < 1.29 is 14.7 Å². The van der Waals surface area contributed by atoms with Crippen molar-refractivity contribution in [2.75, 3.05) is 0 Å². The van der Waals surface area contributed by atoms with Gasteiger partial charge in [-0.15, -0.1) is 0 Å². The lowest BCUT2D eigenvalue weighted by molar-refractivity contribution is -0.131. The summed E-state index contributed by atoms with van der Waals surface area (Å²) in [4.78, 5) is 26.2. The molecule has 1 aromatic heterocycles. The molecule has 0 radical (unpaired) electrons. The third kappa shape index (κ3) is 1.54. The molecule has 2 aromatic rings. The van der Waals surface area contributed by atoms with Crippen molar-refractivity contribution in [3.63, 3.8) is 0 Å². The zero-order valence-corrected chi connectivity index (χ0v) is 8.60. The highest BCUT2D eigenvalue weighted by Crippen LogP contribution is 2.20. The molecule has 0 aliphatic heterocycles. The van der Waals surface area contributed by atoms with Crippen LogP contribution in [-0.4, -0.2) is 21.8 Å². The van der Waals surface area contributed by atoms with E-state index in [9.17, 15) is 9.59 Å². The zero-order valence-electron chi connectivity index (χ0n) is 8.60. The van der Waals surface area contributed by atoms with E-state index in [4.69, 9.17) is 5.11 Å². The molecule has 2 rings (SSSR count). The Morgan fingerprint density at radius 3 is 2.62 bits per heavy atom. The summed E-state index contributed by atoms with van der Waals surface area (Å²) < 4.78 is 0. The average molecular weight is 215 g/mol. The van der Waals surface area contributed by atoms with Gasteiger partial charge in [0.2, 0.25) is 0 Å². The molecule has 16 heavy (non-hydrogen) atoms. The molecule has 80 valence electrons. The van der Waals surface area contributed by atoms with E-state index in [1.54, 1.807) is 18.3 Å². The first-order valence-corrected chi connectivity index (χ1v) is 4.73. The number of aromatic nitrogens is 1. The smallest absolute Gasteiger partial charge is 0.377 e. The normalized spacial score (nSPS) is 10.3. The summed E-state index contributed by atoms with van der Waals surface area (Å²) in [5.74, 6) is -2.34. The summed E-state index contributed by atoms with van der Waals surface area (Å²) in [7, 11) is 0. The second-order valence-electron chi connectivity index (χ2n) is 3.43. The number of carbonyl (C=O) groups excluding carboxylic acids is 1. The second-order valence-corrected chi connectivity index (χ2v) is 3.43. The van der Waals surface area contributed by atoms with Gasteiger partial charge in [0.05, 0.1) is 0 Å². The van der Waals surface area contributed by atoms with Crippen molar-refractivity contribution in [1.82, 2.24) is 4.98 Å². The van der Waals surface area contributed by atoms with E-state index in [0.717, 1.165) is 11.1 Å². The Morgan fingerprint density at radius 2 is 1.94 bits per heavy atom. The molecule has 4 heteroatoms. The summed E-state index contributed by atoms with van der Waals surface area (Å²) in [5.41, 5.74) is 0.980. The van der Waals surface area contributed by atoms with E-state index in [-0.39, 0.29) is 5.56 Å². The summed E-state index contributed by atoms with van der Waals surface area (Å²) >= 11 is 0. The third-order valence-electron chi connectivity index (χ3n) is 2.44. The van der Waals surface area contributed by atoms with Crippen LogP contribution in [0.15, 0.2) is 30.5 Å². The van der Waals surface area contributed by atoms with Gasteiger partial charge in [-0.1, -0.05) is 18.2 Å². The van der Waals surface area contributed by atoms with Crippen LogP contribution in [0.25, 0.3) is 10.8 Å². The number of hydrogen-bond donors (Lipinski definition) is 1. The Labute approximate surface area is 91.5 Å². The lowest BCUT2D eigenvalue weighted by atomic mass is 10.0. The lowest BCUT2D eigenvalue weighted by Crippen LogP contribution is -2.13. The van der Waals surface area contributed by atoms with Crippen LogP contribution < -0.4 is 0 Å². The topological polar surface area (TPSA) is 67.3 Å². The van der Waals surface area contributed by atoms with Gasteiger partial charge < -0.3 is 5.11 Å². The van der Waals surface area contributed by atoms with Crippen molar-refractivity contribution in [3.8, 4) is 0 Å². The first-order chi connectivity index (χ1) is 7.61. The van der Waals surface area contributed by atoms with Crippen molar-refractivity contribution >= 4 is 22.5 Å². The number of ketones is 1. The van der Waals surface area contributed by atoms with Crippen LogP contribution in [0.4, 0.5) is 0 Å². The minimum atomic E-state index is -1.44. The van der Waals surface area contributed by atoms with Crippen LogP contribution in [-0.2, 0) is 4.79 Å². The van der Waals surface area contributed by atoms with E-state index < -0.39 is 11.8 Å². The summed E-state index contributed by atoms with van der Waals surface area (Å²) in [6, 6.07) is 6.64. The van der Waals surface area contributed by atoms with Crippen LogP contribution in [0.1, 0.15) is 16.1 Å². The highest BCUT2D eigenvalue weighted by molar-refractivity contribution is 6.42. The fourth-order valence-electron chi connectivity index (χ4n) is 1.67. The van der Waals surface area contributed by atoms with Crippen molar-refractivity contribution in [3.05, 3.63) is 41.7 Å². The van der Waals surface area contributed by atoms with Gasteiger partial charge in [0.1, 0.15) is 0 Å². The number of fused-ring (bicyclic) bond motifs is 1. The fraction of sp³-hybridized carbons (Fsp3) is 0.0833. The van der Waals surface area contributed by atoms with Crippen LogP contribution in [0.3, 0.4) is 0 Å². The number of benzene rings is 1. The molecular weight excluding hydrogens is 206 g/mol. The number of nitrogens with zero attached hydrogens (tertiary/aromatic N) is 1. The monoisotopic (exact) mass is 215 g/mol. The number of carbonyl (C=O) groups is 2. The number of pyridine rings is 1. The quantitative estimate of drug-likeness (QED) is 0.612. The van der Waals surface area contributed by atoms with Crippen LogP contribution in [0.2, 0.25) is 0 Å². The van der Waals surface area contributed by atoms with Gasteiger partial charge in [0.25, 0.3) is 5.78 Å². The molecule has 0 atom stereocenters. The Bertz CT molecular complexity index is 590. The Morgan fingerprint density at radius 1 is 1.19 bits per heavy atom. The molecule has 0 spiro atoms. The molecule has 0 aliphatic carbocycles. The van der Waals surface area contributed by atoms with Gasteiger partial charge in [-0.3, -0.25) is 9.78 Å². The Balaban J connectivity index is 2.77. The maximum Gasteiger partial charge on any atom is 0.377 e. The molecule has 0 fully saturated rings. The standard InChI is InChI=1S/C12H9NO3/c1-7-8-3-2-4-10(11(14)12(15)16)9(8)5-6-13-7/h2-6H,1H3,(H,15,16). The predicted octanol–water partition coefficient (Wildman–Crippen LogP) is 1.81. The van der Waals surface area contributed by atoms with Crippen LogP contribution >= 0.6 is 0 Å². The fourth-order valence-corrected chi connectivity index (χ4v) is 1.67. The maximum absolute atomic E-state index is 11.4. The van der Waals surface area contributed by atoms with Crippen molar-refractivity contribution in [2.45, 2.75) is 6.92 Å². The van der Waals surface area contributed by atoms with Gasteiger partial charge >= 0.3 is 5.97 Å². The lowest BCUT2D eigenvalue weighted by Gasteiger charge is -2.04. The molecule has 0 amide bonds. The number of Topliss-reactive ketones (excluding diaryl/α,β-unsaturated/α-hetero) is 1. The molecule has 4 nitrogen and oxygen atoms in total. The minimum Gasteiger partial charge on any atom is -0.475 e. The van der Waals surface area contributed by atoms with Gasteiger partial charge in [0.15, 0.2) is 0 Å². The van der Waals surface area contributed by atoms with E-state index >= 15 is 0 Å². The molecule has 0 saturated heterocycles. The Kier molecular flexibility index (Phi) is 2.40. The molecule has 1 heterocycles. The minimum absolute atomic E-state index is 0.204. The van der Waals surface area contributed by atoms with Gasteiger partial charge in [0, 0.05) is 22.8 Å². The molecule has 1 N–H and O–H groups in total. The number of hydrogen-bond acceptors (Lipinski definition) is 3. The van der Waals surface area contributed by atoms with E-state index in [0.29, 0.717) is 5.39 Å². The van der Waals surface area contributed by atoms with E-state index in [1.807, 2.05) is 13.0 Å². The molecule has 0 unspecified atom stereocenters. The number of carboxylic acids is 1. The third-order valence-corrected chi connectivity index (χ3v) is 2.44. The maximum atomic E-state index is 11.4. The summed E-state index contributed by atoms with van der Waals surface area (Å²) in [5, 5.41) is 10.1. The average Bonchev–Trinajstić information content (AvgIpc) is 2.28. The zero-order chi connectivity index (χ0) is 11.7. The SMILES string of the molecule is Cc1nccc2c(C(=O)C(=O)O)cccc12. The summed E-state index contributed by atoms with van der Waals surface area (Å²) in [6.45, 7) is 1.82. The van der Waals surface area contributed by atoms with Gasteiger partial charge in [-0.2, -0.15) is 0 Å². The highest BCUT2D eigenvalue weighted by Gasteiger charge is 2.17. The highest BCUT2D eigenvalue weighted by atomic mass is 16.4. The molecular formula is C12H9NO3. The molecule has 0 saturated carbocycles. The molecule has 0 aliphatic rings. The molecule has 1 aromatic carbocycles. The predicted molar refractivity (Wildman–Crippen MR) is 58.4 cm³/mol. The number of rotatable bonds is 2. The number of aryl methyl sites for hydroxylation is 1. The summed E-state index contributed by atoms with van der Waals surface area (Å²) in [6.07, 6.45) is 1.57.